The van der Waals surface area contributed by atoms with E-state index in [1.54, 1.807) is 0 Å². The van der Waals surface area contributed by atoms with Gasteiger partial charge in [0.2, 0.25) is 0 Å². The molecule has 6 heteroatoms. The number of hydrogen-bond acceptors (Lipinski definition) is 3. The minimum atomic E-state index is -0.809. The van der Waals surface area contributed by atoms with Crippen LogP contribution in [0.2, 0.25) is 0 Å². The van der Waals surface area contributed by atoms with Crippen LogP contribution in [0.25, 0.3) is 0 Å². The third-order valence-corrected chi connectivity index (χ3v) is 2.17. The molecule has 0 saturated heterocycles. The highest BCUT2D eigenvalue weighted by atomic mass is 19.1. The molecule has 0 spiro atoms. The molecular formula is C12H9F2NO3. The van der Waals surface area contributed by atoms with Gasteiger partial charge in [-0.05, 0) is 24.3 Å². The van der Waals surface area contributed by atoms with Crippen LogP contribution in [0.4, 0.5) is 8.78 Å². The van der Waals surface area contributed by atoms with E-state index in [-0.39, 0.29) is 18.1 Å². The zero-order chi connectivity index (χ0) is 13.1. The maximum Gasteiger partial charge on any atom is 0.284 e. The second-order valence-corrected chi connectivity index (χ2v) is 3.49. The lowest BCUT2D eigenvalue weighted by molar-refractivity contribution is 0.0969. The Morgan fingerprint density at radius 1 is 1.28 bits per heavy atom. The summed E-state index contributed by atoms with van der Waals surface area (Å²) in [6.45, 7) is -0.0875. The molecule has 0 radical (unpaired) electrons. The van der Waals surface area contributed by atoms with Gasteiger partial charge in [-0.2, -0.15) is 0 Å². The molecule has 0 unspecified atom stereocenters. The smallest absolute Gasteiger partial charge is 0.284 e. The van der Waals surface area contributed by atoms with Crippen LogP contribution in [-0.4, -0.2) is 5.91 Å². The van der Waals surface area contributed by atoms with Crippen LogP contribution in [0.1, 0.15) is 16.3 Å². The average molecular weight is 253 g/mol. The molecule has 1 aromatic heterocycles. The first-order valence-corrected chi connectivity index (χ1v) is 5.02. The van der Waals surface area contributed by atoms with Crippen LogP contribution in [0.3, 0.4) is 0 Å². The van der Waals surface area contributed by atoms with Crippen LogP contribution in [0.5, 0.6) is 5.75 Å². The Hall–Kier alpha value is -2.37. The lowest BCUT2D eigenvalue weighted by Crippen LogP contribution is -2.09. The summed E-state index contributed by atoms with van der Waals surface area (Å²) in [7, 11) is 0. The van der Waals surface area contributed by atoms with Crippen molar-refractivity contribution in [2.45, 2.75) is 6.61 Å². The second kappa shape index (κ2) is 4.87. The first-order valence-electron chi connectivity index (χ1n) is 5.02. The molecule has 0 aliphatic heterocycles. The molecule has 1 heterocycles. The number of carbonyl (C=O) groups is 1. The standard InChI is InChI=1S/C12H9F2NO3/c13-7-1-3-10(9(14)5-7)17-6-8-2-4-11(18-8)12(15)16/h1-5H,6H2,(H2,15,16). The van der Waals surface area contributed by atoms with Gasteiger partial charge >= 0.3 is 0 Å². The summed E-state index contributed by atoms with van der Waals surface area (Å²) < 4.78 is 36.0. The van der Waals surface area contributed by atoms with E-state index in [1.807, 2.05) is 0 Å². The fourth-order valence-electron chi connectivity index (χ4n) is 1.33. The molecule has 94 valence electrons. The fraction of sp³-hybridized carbons (Fsp3) is 0.0833. The van der Waals surface area contributed by atoms with Crippen LogP contribution in [-0.2, 0) is 6.61 Å². The number of primary amides is 1. The monoisotopic (exact) mass is 253 g/mol. The highest BCUT2D eigenvalue weighted by molar-refractivity contribution is 5.89. The van der Waals surface area contributed by atoms with Crippen molar-refractivity contribution in [1.29, 1.82) is 0 Å². The number of carbonyl (C=O) groups excluding carboxylic acids is 1. The van der Waals surface area contributed by atoms with E-state index in [0.29, 0.717) is 11.8 Å². The lowest BCUT2D eigenvalue weighted by atomic mass is 10.3. The molecule has 0 saturated carbocycles. The van der Waals surface area contributed by atoms with Gasteiger partial charge in [-0.3, -0.25) is 4.79 Å². The summed E-state index contributed by atoms with van der Waals surface area (Å²) in [5.74, 6) is -1.99. The molecule has 2 rings (SSSR count). The van der Waals surface area contributed by atoms with Crippen LogP contribution < -0.4 is 10.5 Å². The van der Waals surface area contributed by atoms with E-state index in [2.05, 4.69) is 0 Å². The Morgan fingerprint density at radius 3 is 2.67 bits per heavy atom. The third kappa shape index (κ3) is 2.65. The molecule has 0 atom stereocenters. The molecule has 1 aromatic carbocycles. The molecule has 0 fully saturated rings. The first-order chi connectivity index (χ1) is 8.56. The molecule has 0 aliphatic rings. The predicted octanol–water partition coefficient (Wildman–Crippen LogP) is 2.24. The maximum absolute atomic E-state index is 13.2. The number of furan rings is 1. The summed E-state index contributed by atoms with van der Waals surface area (Å²) in [4.78, 5) is 10.8. The SMILES string of the molecule is NC(=O)c1ccc(COc2ccc(F)cc2F)o1. The molecule has 2 N–H and O–H groups in total. The number of rotatable bonds is 4. The minimum absolute atomic E-state index is 0.00632. The molecule has 0 aliphatic carbocycles. The molecule has 4 nitrogen and oxygen atoms in total. The van der Waals surface area contributed by atoms with E-state index < -0.39 is 17.5 Å². The largest absolute Gasteiger partial charge is 0.483 e. The number of benzene rings is 1. The van der Waals surface area contributed by atoms with Gasteiger partial charge < -0.3 is 14.9 Å². The van der Waals surface area contributed by atoms with Crippen molar-refractivity contribution in [2.75, 3.05) is 0 Å². The fourth-order valence-corrected chi connectivity index (χ4v) is 1.33. The van der Waals surface area contributed by atoms with Crippen molar-refractivity contribution < 1.29 is 22.7 Å². The maximum atomic E-state index is 13.2. The van der Waals surface area contributed by atoms with Crippen LogP contribution in [0.15, 0.2) is 34.7 Å². The highest BCUT2D eigenvalue weighted by Crippen LogP contribution is 2.19. The Kier molecular flexibility index (Phi) is 3.27. The van der Waals surface area contributed by atoms with E-state index in [1.165, 1.54) is 18.2 Å². The number of amides is 1. The highest BCUT2D eigenvalue weighted by Gasteiger charge is 2.09. The second-order valence-electron chi connectivity index (χ2n) is 3.49. The van der Waals surface area contributed by atoms with Gasteiger partial charge in [0.15, 0.2) is 17.3 Å². The van der Waals surface area contributed by atoms with Crippen molar-refractivity contribution in [3.05, 3.63) is 53.5 Å². The Morgan fingerprint density at radius 2 is 2.06 bits per heavy atom. The first kappa shape index (κ1) is 12.1. The number of halogens is 2. The molecule has 2 aromatic rings. The Bertz CT molecular complexity index is 580. The zero-order valence-electron chi connectivity index (χ0n) is 9.15. The summed E-state index contributed by atoms with van der Waals surface area (Å²) >= 11 is 0. The molecule has 18 heavy (non-hydrogen) atoms. The number of hydrogen-bond donors (Lipinski definition) is 1. The van der Waals surface area contributed by atoms with Crippen LogP contribution >= 0.6 is 0 Å². The van der Waals surface area contributed by atoms with Crippen molar-refractivity contribution in [3.8, 4) is 5.75 Å². The summed E-state index contributed by atoms with van der Waals surface area (Å²) in [6, 6.07) is 5.84. The van der Waals surface area contributed by atoms with Gasteiger partial charge in [-0.1, -0.05) is 0 Å². The summed E-state index contributed by atoms with van der Waals surface area (Å²) in [5, 5.41) is 0. The van der Waals surface area contributed by atoms with E-state index in [0.717, 1.165) is 6.07 Å². The van der Waals surface area contributed by atoms with E-state index in [9.17, 15) is 13.6 Å². The Labute approximate surface area is 101 Å². The van der Waals surface area contributed by atoms with E-state index in [4.69, 9.17) is 14.9 Å². The van der Waals surface area contributed by atoms with Crippen molar-refractivity contribution >= 4 is 5.91 Å². The van der Waals surface area contributed by atoms with Gasteiger partial charge in [0.1, 0.15) is 18.2 Å². The van der Waals surface area contributed by atoms with Crippen molar-refractivity contribution in [1.82, 2.24) is 0 Å². The molecular weight excluding hydrogens is 244 g/mol. The molecule has 0 bridgehead atoms. The van der Waals surface area contributed by atoms with Crippen molar-refractivity contribution in [2.24, 2.45) is 5.73 Å². The van der Waals surface area contributed by atoms with Gasteiger partial charge in [-0.15, -0.1) is 0 Å². The van der Waals surface area contributed by atoms with Crippen LogP contribution in [0, 0.1) is 11.6 Å². The van der Waals surface area contributed by atoms with Gasteiger partial charge in [0.05, 0.1) is 0 Å². The topological polar surface area (TPSA) is 65.5 Å². The number of ether oxygens (including phenoxy) is 1. The minimum Gasteiger partial charge on any atom is -0.483 e. The van der Waals surface area contributed by atoms with Gasteiger partial charge in [-0.25, -0.2) is 8.78 Å². The normalized spacial score (nSPS) is 10.3. The van der Waals surface area contributed by atoms with E-state index >= 15 is 0 Å². The van der Waals surface area contributed by atoms with Gasteiger partial charge in [0, 0.05) is 6.07 Å². The zero-order valence-corrected chi connectivity index (χ0v) is 9.15. The van der Waals surface area contributed by atoms with Gasteiger partial charge in [0.25, 0.3) is 5.91 Å². The third-order valence-electron chi connectivity index (χ3n) is 2.17. The van der Waals surface area contributed by atoms with Crippen molar-refractivity contribution in [3.63, 3.8) is 0 Å². The quantitative estimate of drug-likeness (QED) is 0.908. The number of nitrogens with two attached hydrogens (primary N) is 1. The summed E-state index contributed by atoms with van der Waals surface area (Å²) in [6.07, 6.45) is 0. The summed E-state index contributed by atoms with van der Waals surface area (Å²) in [5.41, 5.74) is 5.00. The average Bonchev–Trinajstić information content (AvgIpc) is 2.76. The Balaban J connectivity index is 2.04. The molecule has 1 amide bonds. The predicted molar refractivity (Wildman–Crippen MR) is 57.9 cm³/mol. The lowest BCUT2D eigenvalue weighted by Gasteiger charge is -2.05.